The molecule has 31 heavy (non-hydrogen) atoms. The molecule has 1 aliphatic heterocycles. The van der Waals surface area contributed by atoms with Gasteiger partial charge in [-0.05, 0) is 43.4 Å². The van der Waals surface area contributed by atoms with Crippen LogP contribution in [0.3, 0.4) is 0 Å². The quantitative estimate of drug-likeness (QED) is 0.548. The predicted octanol–water partition coefficient (Wildman–Crippen LogP) is 2.53. The van der Waals surface area contributed by atoms with Gasteiger partial charge in [-0.1, -0.05) is 11.8 Å². The van der Waals surface area contributed by atoms with Crippen molar-refractivity contribution < 1.29 is 9.53 Å². The molecule has 0 radical (unpaired) electrons. The van der Waals surface area contributed by atoms with Gasteiger partial charge in [0.25, 0.3) is 0 Å². The number of aromatic nitrogens is 4. The van der Waals surface area contributed by atoms with Gasteiger partial charge in [-0.15, -0.1) is 0 Å². The van der Waals surface area contributed by atoms with Crippen LogP contribution in [0.15, 0.2) is 34.6 Å². The number of hydrogen-bond acceptors (Lipinski definition) is 7. The Bertz CT molecular complexity index is 1190. The van der Waals surface area contributed by atoms with Gasteiger partial charge in [0.1, 0.15) is 17.3 Å². The first-order valence-electron chi connectivity index (χ1n) is 10.1. The molecule has 9 nitrogen and oxygen atoms in total. The van der Waals surface area contributed by atoms with Gasteiger partial charge in [-0.3, -0.25) is 10.2 Å². The van der Waals surface area contributed by atoms with Crippen LogP contribution in [0.5, 0.6) is 5.75 Å². The van der Waals surface area contributed by atoms with E-state index in [0.717, 1.165) is 50.2 Å². The molecule has 0 aliphatic carbocycles. The molecule has 1 fully saturated rings. The molecule has 1 saturated heterocycles. The lowest BCUT2D eigenvalue weighted by Crippen LogP contribution is -2.32. The molecule has 0 spiro atoms. The molecular formula is C21H23N7O2S. The van der Waals surface area contributed by atoms with E-state index in [9.17, 15) is 10.1 Å². The number of rotatable bonds is 7. The van der Waals surface area contributed by atoms with Gasteiger partial charge in [0, 0.05) is 24.5 Å². The number of benzene rings is 1. The van der Waals surface area contributed by atoms with E-state index in [0.29, 0.717) is 33.6 Å². The van der Waals surface area contributed by atoms with Crippen LogP contribution in [-0.4, -0.2) is 51.0 Å². The number of amides is 1. The maximum Gasteiger partial charge on any atom is 0.209 e. The molecule has 10 heteroatoms. The van der Waals surface area contributed by atoms with Crippen LogP contribution in [0.25, 0.3) is 11.2 Å². The van der Waals surface area contributed by atoms with Crippen molar-refractivity contribution in [3.63, 3.8) is 0 Å². The van der Waals surface area contributed by atoms with Crippen molar-refractivity contribution in [2.45, 2.75) is 35.9 Å². The fourth-order valence-electron chi connectivity index (χ4n) is 3.75. The second-order valence-electron chi connectivity index (χ2n) is 7.48. The van der Waals surface area contributed by atoms with Crippen LogP contribution in [0, 0.1) is 22.7 Å². The number of fused-ring (bicyclic) bond motifs is 1. The van der Waals surface area contributed by atoms with E-state index < -0.39 is 0 Å². The summed E-state index contributed by atoms with van der Waals surface area (Å²) in [6.07, 6.45) is 5.55. The number of carbonyl (C=O) groups is 1. The number of methoxy groups -OCH3 is 1. The van der Waals surface area contributed by atoms with Crippen LogP contribution in [-0.2, 0) is 11.3 Å². The van der Waals surface area contributed by atoms with E-state index in [1.54, 1.807) is 31.6 Å². The maximum absolute atomic E-state index is 10.9. The molecule has 2 N–H and O–H groups in total. The zero-order chi connectivity index (χ0) is 21.8. The standard InChI is InChI=1S/C21H23N7O2S/c1-30-16-3-2-15(11-22)17(10-16)31-21-25-18-19(23)24-12-28(20(18)26-21)9-6-14-4-7-27(13-29)8-5-14/h2-3,10,12-14,23H,4-9H2,1H3,(H,25,26). The summed E-state index contributed by atoms with van der Waals surface area (Å²) in [5, 5.41) is 18.2. The van der Waals surface area contributed by atoms with Crippen molar-refractivity contribution in [2.24, 2.45) is 5.92 Å². The highest BCUT2D eigenvalue weighted by molar-refractivity contribution is 7.99. The minimum absolute atomic E-state index is 0.135. The van der Waals surface area contributed by atoms with Gasteiger partial charge in [0.2, 0.25) is 6.41 Å². The average Bonchev–Trinajstić information content (AvgIpc) is 3.23. The van der Waals surface area contributed by atoms with Crippen molar-refractivity contribution in [1.29, 1.82) is 10.7 Å². The number of likely N-dealkylation sites (tertiary alicyclic amines) is 1. The van der Waals surface area contributed by atoms with Crippen LogP contribution >= 0.6 is 11.8 Å². The lowest BCUT2D eigenvalue weighted by molar-refractivity contribution is -0.119. The maximum atomic E-state index is 10.9. The number of hydrogen-bond donors (Lipinski definition) is 2. The highest BCUT2D eigenvalue weighted by atomic mass is 32.2. The van der Waals surface area contributed by atoms with Crippen molar-refractivity contribution in [1.82, 2.24) is 24.4 Å². The van der Waals surface area contributed by atoms with Gasteiger partial charge in [0.15, 0.2) is 16.3 Å². The highest BCUT2D eigenvalue weighted by Crippen LogP contribution is 2.32. The van der Waals surface area contributed by atoms with E-state index in [1.165, 1.54) is 11.8 Å². The Kier molecular flexibility index (Phi) is 6.23. The van der Waals surface area contributed by atoms with Gasteiger partial charge < -0.3 is 19.2 Å². The van der Waals surface area contributed by atoms with Gasteiger partial charge >= 0.3 is 0 Å². The molecular weight excluding hydrogens is 414 g/mol. The first-order chi connectivity index (χ1) is 15.1. The number of aromatic amines is 1. The number of ether oxygens (including phenoxy) is 1. The van der Waals surface area contributed by atoms with Crippen LogP contribution in [0.4, 0.5) is 0 Å². The third-order valence-electron chi connectivity index (χ3n) is 5.59. The first-order valence-corrected chi connectivity index (χ1v) is 10.9. The van der Waals surface area contributed by atoms with Crippen LogP contribution < -0.4 is 10.2 Å². The summed E-state index contributed by atoms with van der Waals surface area (Å²) in [5.74, 6) is 1.22. The molecule has 1 aromatic carbocycles. The van der Waals surface area contributed by atoms with E-state index >= 15 is 0 Å². The fourth-order valence-corrected chi connectivity index (χ4v) is 4.65. The smallest absolute Gasteiger partial charge is 0.209 e. The minimum atomic E-state index is 0.135. The number of nitriles is 1. The summed E-state index contributed by atoms with van der Waals surface area (Å²) in [6.45, 7) is 2.36. The van der Waals surface area contributed by atoms with E-state index in [4.69, 9.17) is 15.1 Å². The van der Waals surface area contributed by atoms with Crippen molar-refractivity contribution >= 4 is 29.3 Å². The molecule has 2 aromatic heterocycles. The number of imidazole rings is 1. The van der Waals surface area contributed by atoms with E-state index in [2.05, 4.69) is 16.0 Å². The first kappa shape index (κ1) is 20.9. The monoisotopic (exact) mass is 437 g/mol. The highest BCUT2D eigenvalue weighted by Gasteiger charge is 2.19. The fraction of sp³-hybridized carbons (Fsp3) is 0.381. The number of H-pyrrole nitrogens is 1. The molecule has 160 valence electrons. The van der Waals surface area contributed by atoms with E-state index in [-0.39, 0.29) is 5.49 Å². The Balaban J connectivity index is 1.55. The Hall–Kier alpha value is -3.32. The molecule has 0 saturated carbocycles. The van der Waals surface area contributed by atoms with Crippen molar-refractivity contribution in [3.05, 3.63) is 35.6 Å². The molecule has 1 amide bonds. The van der Waals surface area contributed by atoms with Crippen molar-refractivity contribution in [2.75, 3.05) is 20.2 Å². The zero-order valence-corrected chi connectivity index (χ0v) is 18.0. The Morgan fingerprint density at radius 2 is 2.23 bits per heavy atom. The largest absolute Gasteiger partial charge is 0.497 e. The second kappa shape index (κ2) is 9.22. The molecule has 1 aliphatic rings. The summed E-state index contributed by atoms with van der Waals surface area (Å²) >= 11 is 1.33. The van der Waals surface area contributed by atoms with Crippen molar-refractivity contribution in [3.8, 4) is 11.8 Å². The van der Waals surface area contributed by atoms with Gasteiger partial charge in [0.05, 0.1) is 19.0 Å². The normalized spacial score (nSPS) is 14.5. The average molecular weight is 438 g/mol. The summed E-state index contributed by atoms with van der Waals surface area (Å²) < 4.78 is 7.24. The van der Waals surface area contributed by atoms with Gasteiger partial charge in [-0.2, -0.15) is 5.26 Å². The molecule has 0 atom stereocenters. The SMILES string of the molecule is COc1ccc(C#N)c(Sc2nc3c([nH]2)c(=N)ncn3CCC2CCN(C=O)CC2)c1. The molecule has 3 aromatic rings. The lowest BCUT2D eigenvalue weighted by atomic mass is 9.94. The summed E-state index contributed by atoms with van der Waals surface area (Å²) in [7, 11) is 1.58. The predicted molar refractivity (Wildman–Crippen MR) is 115 cm³/mol. The molecule has 0 unspecified atom stereocenters. The Morgan fingerprint density at radius 1 is 1.42 bits per heavy atom. The molecule has 0 bridgehead atoms. The number of aryl methyl sites for hydroxylation is 1. The number of nitrogens with one attached hydrogen (secondary N) is 2. The van der Waals surface area contributed by atoms with Crippen LogP contribution in [0.2, 0.25) is 0 Å². The van der Waals surface area contributed by atoms with Crippen LogP contribution in [0.1, 0.15) is 24.8 Å². The van der Waals surface area contributed by atoms with Gasteiger partial charge in [-0.25, -0.2) is 9.97 Å². The summed E-state index contributed by atoms with van der Waals surface area (Å²) in [4.78, 5) is 25.5. The zero-order valence-electron chi connectivity index (χ0n) is 17.2. The second-order valence-corrected chi connectivity index (χ2v) is 8.51. The third kappa shape index (κ3) is 4.56. The third-order valence-corrected chi connectivity index (χ3v) is 6.53. The topological polar surface area (TPSA) is 124 Å². The summed E-state index contributed by atoms with van der Waals surface area (Å²) in [5.41, 5.74) is 1.91. The van der Waals surface area contributed by atoms with E-state index in [1.807, 2.05) is 9.47 Å². The Morgan fingerprint density at radius 3 is 2.94 bits per heavy atom. The number of piperidine rings is 1. The summed E-state index contributed by atoms with van der Waals surface area (Å²) in [6, 6.07) is 7.46. The number of carbonyl (C=O) groups excluding carboxylic acids is 1. The number of nitrogens with zero attached hydrogens (tertiary/aromatic N) is 5. The Labute approximate surface area is 183 Å². The minimum Gasteiger partial charge on any atom is -0.497 e. The lowest BCUT2D eigenvalue weighted by Gasteiger charge is -2.29. The molecule has 4 rings (SSSR count). The molecule has 3 heterocycles.